The van der Waals surface area contributed by atoms with Gasteiger partial charge in [-0.1, -0.05) is 58.9 Å². The molecule has 172 valence electrons. The topological polar surface area (TPSA) is 17.1 Å². The van der Waals surface area contributed by atoms with Crippen LogP contribution in [0.15, 0.2) is 24.3 Å². The van der Waals surface area contributed by atoms with E-state index in [9.17, 15) is 4.79 Å². The van der Waals surface area contributed by atoms with Crippen molar-refractivity contribution in [1.29, 1.82) is 0 Å². The van der Waals surface area contributed by atoms with E-state index in [0.29, 0.717) is 33.4 Å². The van der Waals surface area contributed by atoms with E-state index in [-0.39, 0.29) is 5.41 Å². The number of Topliss-reactive ketones (excluding diaryl/α,β-unsaturated/α-hetero) is 1. The van der Waals surface area contributed by atoms with Gasteiger partial charge in [-0.05, 0) is 110 Å². The van der Waals surface area contributed by atoms with E-state index in [4.69, 9.17) is 0 Å². The molecule has 0 aromatic heterocycles. The fourth-order valence-electron chi connectivity index (χ4n) is 10.8. The van der Waals surface area contributed by atoms with Crippen molar-refractivity contribution in [2.24, 2.45) is 50.7 Å². The number of carbonyl (C=O) groups excluding carboxylic acids is 1. The lowest BCUT2D eigenvalue weighted by Gasteiger charge is -2.62. The molecular formula is C30H46O. The smallest absolute Gasteiger partial charge is 0.138 e. The predicted molar refractivity (Wildman–Crippen MR) is 130 cm³/mol. The first-order chi connectivity index (χ1) is 14.4. The number of hydrogen-bond donors (Lipinski definition) is 0. The number of rotatable bonds is 4. The van der Waals surface area contributed by atoms with E-state index in [0.717, 1.165) is 24.2 Å². The molecule has 0 saturated heterocycles. The third-order valence-electron chi connectivity index (χ3n) is 12.5. The molecule has 2 spiro atoms. The summed E-state index contributed by atoms with van der Waals surface area (Å²) in [4.78, 5) is 12.8. The summed E-state index contributed by atoms with van der Waals surface area (Å²) >= 11 is 0. The molecule has 8 atom stereocenters. The minimum absolute atomic E-state index is 0.0866. The summed E-state index contributed by atoms with van der Waals surface area (Å²) in [5.74, 6) is 3.69. The van der Waals surface area contributed by atoms with E-state index >= 15 is 0 Å². The fourth-order valence-corrected chi connectivity index (χ4v) is 10.8. The Bertz CT molecular complexity index is 833. The van der Waals surface area contributed by atoms with Crippen LogP contribution in [0.25, 0.3) is 0 Å². The molecule has 5 fully saturated rings. The molecule has 0 amide bonds. The maximum atomic E-state index is 12.8. The highest BCUT2D eigenvalue weighted by atomic mass is 16.1. The predicted octanol–water partition coefficient (Wildman–Crippen LogP) is 8.15. The molecule has 0 aromatic carbocycles. The lowest BCUT2D eigenvalue weighted by Crippen LogP contribution is -2.57. The molecule has 0 bridgehead atoms. The van der Waals surface area contributed by atoms with Crippen LogP contribution in [0.4, 0.5) is 0 Å². The number of allylic oxidation sites excluding steroid dienone is 3. The third-order valence-corrected chi connectivity index (χ3v) is 12.5. The molecule has 0 aromatic rings. The SMILES string of the molecule is C=C(C)/C=C/C[C@@H](C)[C@H]1CC[C@@]2(C)[C@@H]3CC[C@H]4C(C)(C)C(=O)CC[C@@]45C[C@@]35CC[C@]12C. The van der Waals surface area contributed by atoms with Gasteiger partial charge < -0.3 is 0 Å². The first-order valence-corrected chi connectivity index (χ1v) is 13.3. The molecule has 5 aliphatic rings. The molecule has 31 heavy (non-hydrogen) atoms. The van der Waals surface area contributed by atoms with Crippen LogP contribution in [0.3, 0.4) is 0 Å². The van der Waals surface area contributed by atoms with Crippen LogP contribution in [-0.4, -0.2) is 5.78 Å². The van der Waals surface area contributed by atoms with E-state index in [2.05, 4.69) is 60.3 Å². The van der Waals surface area contributed by atoms with Crippen molar-refractivity contribution < 1.29 is 4.79 Å². The largest absolute Gasteiger partial charge is 0.299 e. The zero-order valence-corrected chi connectivity index (χ0v) is 21.2. The first-order valence-electron chi connectivity index (χ1n) is 13.3. The van der Waals surface area contributed by atoms with Gasteiger partial charge in [-0.25, -0.2) is 0 Å². The molecule has 1 nitrogen and oxygen atoms in total. The van der Waals surface area contributed by atoms with Crippen LogP contribution in [0, 0.1) is 50.7 Å². The standard InChI is InChI=1S/C30H46O/c1-20(2)9-8-10-21(3)22-13-15-28(7)24-12-11-23-26(4,5)25(31)14-16-29(23)19-30(24,29)18-17-27(22,28)6/h8-9,21-24H,1,10-19H2,2-7H3/b9-8+/t21-,22-,23+,24+,27-,28+,29-,30+/m1/s1. The highest BCUT2D eigenvalue weighted by Crippen LogP contribution is 2.88. The third kappa shape index (κ3) is 2.59. The molecule has 0 aliphatic heterocycles. The van der Waals surface area contributed by atoms with Crippen molar-refractivity contribution in [3.63, 3.8) is 0 Å². The number of fused-ring (bicyclic) bond motifs is 2. The quantitative estimate of drug-likeness (QED) is 0.418. The molecule has 0 radical (unpaired) electrons. The molecule has 1 heteroatoms. The highest BCUT2D eigenvalue weighted by Gasteiger charge is 2.82. The molecule has 5 saturated carbocycles. The summed E-state index contributed by atoms with van der Waals surface area (Å²) in [6, 6.07) is 0. The van der Waals surface area contributed by atoms with Gasteiger partial charge in [0.25, 0.3) is 0 Å². The molecule has 0 unspecified atom stereocenters. The summed E-state index contributed by atoms with van der Waals surface area (Å²) in [6.45, 7) is 18.6. The number of ketones is 1. The van der Waals surface area contributed by atoms with Crippen LogP contribution in [-0.2, 0) is 4.79 Å². The van der Waals surface area contributed by atoms with Crippen molar-refractivity contribution in [2.75, 3.05) is 0 Å². The van der Waals surface area contributed by atoms with Crippen LogP contribution in [0.2, 0.25) is 0 Å². The average molecular weight is 423 g/mol. The van der Waals surface area contributed by atoms with E-state index in [1.54, 1.807) is 0 Å². The van der Waals surface area contributed by atoms with Gasteiger partial charge in [-0.3, -0.25) is 4.79 Å². The van der Waals surface area contributed by atoms with Gasteiger partial charge in [0.2, 0.25) is 0 Å². The van der Waals surface area contributed by atoms with Gasteiger partial charge in [0.1, 0.15) is 5.78 Å². The number of hydrogen-bond acceptors (Lipinski definition) is 1. The van der Waals surface area contributed by atoms with Crippen molar-refractivity contribution in [3.8, 4) is 0 Å². The molecule has 5 rings (SSSR count). The lowest BCUT2D eigenvalue weighted by atomic mass is 9.42. The lowest BCUT2D eigenvalue weighted by molar-refractivity contribution is -0.156. The van der Waals surface area contributed by atoms with Gasteiger partial charge in [0.05, 0.1) is 0 Å². The van der Waals surface area contributed by atoms with E-state index in [1.807, 2.05) is 0 Å². The van der Waals surface area contributed by atoms with Crippen molar-refractivity contribution >= 4 is 5.78 Å². The summed E-state index contributed by atoms with van der Waals surface area (Å²) in [5.41, 5.74) is 3.12. The second-order valence-corrected chi connectivity index (χ2v) is 13.8. The van der Waals surface area contributed by atoms with Crippen LogP contribution < -0.4 is 0 Å². The Balaban J connectivity index is 1.43. The Hall–Kier alpha value is -0.850. The Morgan fingerprint density at radius 3 is 2.39 bits per heavy atom. The monoisotopic (exact) mass is 422 g/mol. The van der Waals surface area contributed by atoms with Gasteiger partial charge in [0, 0.05) is 11.8 Å². The molecule has 5 aliphatic carbocycles. The van der Waals surface area contributed by atoms with Crippen LogP contribution in [0.5, 0.6) is 0 Å². The van der Waals surface area contributed by atoms with Crippen molar-refractivity contribution in [2.45, 2.75) is 106 Å². The summed E-state index contributed by atoms with van der Waals surface area (Å²) in [5, 5.41) is 0. The zero-order valence-electron chi connectivity index (χ0n) is 21.2. The normalized spacial score (nSPS) is 50.9. The van der Waals surface area contributed by atoms with Crippen molar-refractivity contribution in [1.82, 2.24) is 0 Å². The fraction of sp³-hybridized carbons (Fsp3) is 0.833. The van der Waals surface area contributed by atoms with E-state index < -0.39 is 0 Å². The first kappa shape index (κ1) is 22.0. The average Bonchev–Trinajstić information content (AvgIpc) is 3.27. The minimum Gasteiger partial charge on any atom is -0.299 e. The summed E-state index contributed by atoms with van der Waals surface area (Å²) in [6.07, 6.45) is 17.7. The second-order valence-electron chi connectivity index (χ2n) is 13.8. The van der Waals surface area contributed by atoms with Gasteiger partial charge in [0.15, 0.2) is 0 Å². The Kier molecular flexibility index (Phi) is 4.68. The number of carbonyl (C=O) groups is 1. The maximum absolute atomic E-state index is 12.8. The van der Waals surface area contributed by atoms with Crippen molar-refractivity contribution in [3.05, 3.63) is 24.3 Å². The molecule has 0 N–H and O–H groups in total. The van der Waals surface area contributed by atoms with Crippen LogP contribution in [0.1, 0.15) is 106 Å². The second kappa shape index (κ2) is 6.60. The van der Waals surface area contributed by atoms with Crippen LogP contribution >= 0.6 is 0 Å². The van der Waals surface area contributed by atoms with Gasteiger partial charge in [-0.2, -0.15) is 0 Å². The minimum atomic E-state index is -0.0866. The Morgan fingerprint density at radius 2 is 1.68 bits per heavy atom. The maximum Gasteiger partial charge on any atom is 0.138 e. The Labute approximate surface area is 191 Å². The molecular weight excluding hydrogens is 376 g/mol. The summed E-state index contributed by atoms with van der Waals surface area (Å²) in [7, 11) is 0. The highest BCUT2D eigenvalue weighted by molar-refractivity contribution is 5.86. The molecule has 0 heterocycles. The summed E-state index contributed by atoms with van der Waals surface area (Å²) < 4.78 is 0. The zero-order chi connectivity index (χ0) is 22.4. The Morgan fingerprint density at radius 1 is 1.00 bits per heavy atom. The van der Waals surface area contributed by atoms with Gasteiger partial charge >= 0.3 is 0 Å². The van der Waals surface area contributed by atoms with Gasteiger partial charge in [-0.15, -0.1) is 0 Å². The van der Waals surface area contributed by atoms with E-state index in [1.165, 1.54) is 63.4 Å².